The number of esters is 1. The summed E-state index contributed by atoms with van der Waals surface area (Å²) in [6, 6.07) is 1.80. The smallest absolute Gasteiger partial charge is 0.421 e. The second-order valence-corrected chi connectivity index (χ2v) is 8.63. The number of hydrogen-bond acceptors (Lipinski definition) is 6. The molecule has 0 spiro atoms. The number of nitriles is 1. The highest BCUT2D eigenvalue weighted by Crippen LogP contribution is 2.41. The maximum atomic E-state index is 13.6. The molecule has 0 unspecified atom stereocenters. The van der Waals surface area contributed by atoms with Gasteiger partial charge in [0.15, 0.2) is 11.5 Å². The van der Waals surface area contributed by atoms with E-state index in [0.717, 1.165) is 4.68 Å². The number of nitrogens with zero attached hydrogens (tertiary/aromatic N) is 4. The first-order chi connectivity index (χ1) is 13.7. The molecule has 0 amide bonds. The highest BCUT2D eigenvalue weighted by Gasteiger charge is 2.42. The van der Waals surface area contributed by atoms with E-state index in [1.54, 1.807) is 6.07 Å². The van der Waals surface area contributed by atoms with Crippen LogP contribution in [0.2, 0.25) is 5.15 Å². The number of alkyl halides is 3. The Balaban J connectivity index is 2.88. The topological polar surface area (TPSA) is 80.8 Å². The highest BCUT2D eigenvalue weighted by atomic mass is 35.5. The SMILES string of the molecule is C=C(C)C(=O)O/C(=C(/C#N)c1csc(C(C)(C)C)n1)c1c(C(F)(F)F)nn(C)c1Cl. The number of carbonyl (C=O) groups is 1. The summed E-state index contributed by atoms with van der Waals surface area (Å²) >= 11 is 7.30. The quantitative estimate of drug-likeness (QED) is 0.267. The number of allylic oxidation sites excluding steroid dienone is 1. The van der Waals surface area contributed by atoms with Gasteiger partial charge in [-0.05, 0) is 6.92 Å². The Morgan fingerprint density at radius 3 is 2.40 bits per heavy atom. The molecule has 0 fully saturated rings. The maximum Gasteiger partial charge on any atom is 0.435 e. The summed E-state index contributed by atoms with van der Waals surface area (Å²) in [6.07, 6.45) is -4.92. The maximum absolute atomic E-state index is 13.6. The first-order valence-corrected chi connectivity index (χ1v) is 9.72. The van der Waals surface area contributed by atoms with Gasteiger partial charge in [-0.15, -0.1) is 11.3 Å². The van der Waals surface area contributed by atoms with E-state index in [9.17, 15) is 23.2 Å². The van der Waals surface area contributed by atoms with Crippen molar-refractivity contribution < 1.29 is 22.7 Å². The van der Waals surface area contributed by atoms with Crippen molar-refractivity contribution in [1.82, 2.24) is 14.8 Å². The fourth-order valence-electron chi connectivity index (χ4n) is 2.27. The van der Waals surface area contributed by atoms with Gasteiger partial charge in [0.1, 0.15) is 16.8 Å². The minimum Gasteiger partial charge on any atom is -0.421 e. The Hall–Kier alpha value is -2.64. The van der Waals surface area contributed by atoms with E-state index in [2.05, 4.69) is 16.7 Å². The molecular weight excluding hydrogens is 441 g/mol. The number of aryl methyl sites for hydroxylation is 1. The van der Waals surface area contributed by atoms with Crippen LogP contribution < -0.4 is 0 Å². The number of rotatable bonds is 4. The molecule has 0 radical (unpaired) electrons. The molecule has 2 heterocycles. The van der Waals surface area contributed by atoms with Crippen LogP contribution in [-0.4, -0.2) is 20.7 Å². The fourth-order valence-corrected chi connectivity index (χ4v) is 3.38. The van der Waals surface area contributed by atoms with E-state index in [4.69, 9.17) is 16.3 Å². The first kappa shape index (κ1) is 23.6. The average Bonchev–Trinajstić information content (AvgIpc) is 3.20. The van der Waals surface area contributed by atoms with Gasteiger partial charge < -0.3 is 4.74 Å². The minimum absolute atomic E-state index is 0.0602. The summed E-state index contributed by atoms with van der Waals surface area (Å²) in [6.45, 7) is 10.4. The van der Waals surface area contributed by atoms with Crippen LogP contribution in [0.15, 0.2) is 17.5 Å². The van der Waals surface area contributed by atoms with Crippen molar-refractivity contribution in [3.8, 4) is 6.07 Å². The van der Waals surface area contributed by atoms with Crippen molar-refractivity contribution in [2.75, 3.05) is 0 Å². The van der Waals surface area contributed by atoms with Gasteiger partial charge in [-0.25, -0.2) is 9.78 Å². The van der Waals surface area contributed by atoms with Crippen molar-refractivity contribution >= 4 is 40.2 Å². The second-order valence-electron chi connectivity index (χ2n) is 7.41. The molecule has 0 atom stereocenters. The molecule has 2 rings (SSSR count). The van der Waals surface area contributed by atoms with E-state index in [1.165, 1.54) is 30.7 Å². The number of ether oxygens (including phenoxy) is 1. The third-order valence-electron chi connectivity index (χ3n) is 3.76. The minimum atomic E-state index is -4.92. The van der Waals surface area contributed by atoms with E-state index in [-0.39, 0.29) is 22.3 Å². The van der Waals surface area contributed by atoms with E-state index >= 15 is 0 Å². The van der Waals surface area contributed by atoms with Gasteiger partial charge in [0.25, 0.3) is 0 Å². The van der Waals surface area contributed by atoms with Gasteiger partial charge in [-0.1, -0.05) is 39.0 Å². The molecule has 2 aromatic rings. The number of carbonyl (C=O) groups excluding carboxylic acids is 1. The molecule has 0 aliphatic carbocycles. The van der Waals surface area contributed by atoms with Crippen molar-refractivity contribution in [2.45, 2.75) is 39.3 Å². The summed E-state index contributed by atoms with van der Waals surface area (Å²) < 4.78 is 46.8. The molecule has 30 heavy (non-hydrogen) atoms. The van der Waals surface area contributed by atoms with Crippen LogP contribution in [0.25, 0.3) is 11.3 Å². The average molecular weight is 459 g/mol. The zero-order valence-electron chi connectivity index (χ0n) is 16.8. The molecule has 0 aliphatic heterocycles. The summed E-state index contributed by atoms with van der Waals surface area (Å²) in [7, 11) is 1.20. The lowest BCUT2D eigenvalue weighted by atomic mass is 9.98. The van der Waals surface area contributed by atoms with Crippen LogP contribution in [0, 0.1) is 11.3 Å². The van der Waals surface area contributed by atoms with Gasteiger partial charge in [-0.3, -0.25) is 4.68 Å². The molecule has 0 aromatic carbocycles. The monoisotopic (exact) mass is 458 g/mol. The van der Waals surface area contributed by atoms with Gasteiger partial charge >= 0.3 is 12.1 Å². The van der Waals surface area contributed by atoms with Crippen LogP contribution >= 0.6 is 22.9 Å². The van der Waals surface area contributed by atoms with Gasteiger partial charge in [0, 0.05) is 23.4 Å². The molecule has 0 aliphatic rings. The molecule has 0 bridgehead atoms. The highest BCUT2D eigenvalue weighted by molar-refractivity contribution is 7.10. The van der Waals surface area contributed by atoms with Gasteiger partial charge in [-0.2, -0.15) is 23.5 Å². The van der Waals surface area contributed by atoms with Crippen molar-refractivity contribution in [1.29, 1.82) is 5.26 Å². The van der Waals surface area contributed by atoms with Crippen molar-refractivity contribution in [3.05, 3.63) is 44.6 Å². The molecule has 160 valence electrons. The summed E-state index contributed by atoms with van der Waals surface area (Å²) in [5.41, 5.74) is -2.86. The first-order valence-electron chi connectivity index (χ1n) is 8.47. The summed E-state index contributed by atoms with van der Waals surface area (Å²) in [4.78, 5) is 16.5. The Labute approximate surface area is 180 Å². The standard InChI is InChI=1S/C19H18ClF3N4O2S/c1-9(2)16(28)29-13(12-14(19(21,22)23)26-27(6)15(12)20)10(7-24)11-8-30-17(25-11)18(3,4)5/h8H,1H2,2-6H3/b13-10-. The largest absolute Gasteiger partial charge is 0.435 e. The van der Waals surface area contributed by atoms with Crippen LogP contribution in [0.3, 0.4) is 0 Å². The molecule has 0 N–H and O–H groups in total. The predicted octanol–water partition coefficient (Wildman–Crippen LogP) is 5.36. The number of hydrogen-bond donors (Lipinski definition) is 0. The van der Waals surface area contributed by atoms with Crippen LogP contribution in [0.5, 0.6) is 0 Å². The Bertz CT molecular complexity index is 1080. The Kier molecular flexibility index (Phi) is 6.49. The molecule has 11 heteroatoms. The molecule has 6 nitrogen and oxygen atoms in total. The lowest BCUT2D eigenvalue weighted by Gasteiger charge is -2.14. The van der Waals surface area contributed by atoms with Gasteiger partial charge in [0.05, 0.1) is 16.3 Å². The van der Waals surface area contributed by atoms with Crippen LogP contribution in [0.1, 0.15) is 49.7 Å². The Morgan fingerprint density at radius 2 is 1.97 bits per heavy atom. The molecule has 0 saturated carbocycles. The van der Waals surface area contributed by atoms with Crippen LogP contribution in [-0.2, 0) is 28.2 Å². The molecular formula is C19H18ClF3N4O2S. The third-order valence-corrected chi connectivity index (χ3v) is 5.46. The predicted molar refractivity (Wildman–Crippen MR) is 107 cm³/mol. The Morgan fingerprint density at radius 1 is 1.37 bits per heavy atom. The lowest BCUT2D eigenvalue weighted by Crippen LogP contribution is -2.13. The van der Waals surface area contributed by atoms with Gasteiger partial charge in [0.2, 0.25) is 0 Å². The van der Waals surface area contributed by atoms with E-state index < -0.39 is 34.3 Å². The number of thiazole rings is 1. The normalized spacial score (nSPS) is 12.9. The number of halogens is 4. The summed E-state index contributed by atoms with van der Waals surface area (Å²) in [5.74, 6) is -1.70. The summed E-state index contributed by atoms with van der Waals surface area (Å²) in [5, 5.41) is 14.8. The fraction of sp³-hybridized carbons (Fsp3) is 0.368. The van der Waals surface area contributed by atoms with E-state index in [0.29, 0.717) is 5.01 Å². The van der Waals surface area contributed by atoms with E-state index in [1.807, 2.05) is 20.8 Å². The lowest BCUT2D eigenvalue weighted by molar-refractivity contribution is -0.142. The zero-order valence-corrected chi connectivity index (χ0v) is 18.4. The molecule has 2 aromatic heterocycles. The van der Waals surface area contributed by atoms with Crippen molar-refractivity contribution in [3.63, 3.8) is 0 Å². The van der Waals surface area contributed by atoms with Crippen LogP contribution in [0.4, 0.5) is 13.2 Å². The number of aromatic nitrogens is 3. The third kappa shape index (κ3) is 4.74. The molecule has 0 saturated heterocycles. The second kappa shape index (κ2) is 8.24. The van der Waals surface area contributed by atoms with Crippen molar-refractivity contribution in [2.24, 2.45) is 7.05 Å². The zero-order chi connectivity index (χ0) is 23.0.